The second-order valence-electron chi connectivity index (χ2n) is 11.8. The van der Waals surface area contributed by atoms with Gasteiger partial charge in [-0.3, -0.25) is 20.2 Å². The van der Waals surface area contributed by atoms with E-state index in [1.807, 2.05) is 0 Å². The molecule has 2 atom stereocenters. The normalized spacial score (nSPS) is 18.0. The molecule has 48 heavy (non-hydrogen) atoms. The number of amides is 1. The molecular formula is C32H28FN5O8S2. The van der Waals surface area contributed by atoms with Crippen molar-refractivity contribution >= 4 is 55.9 Å². The number of carbonyl (C=O) groups excluding carboxylic acids is 2. The fraction of sp³-hybridized carbons (Fsp3) is 0.344. The summed E-state index contributed by atoms with van der Waals surface area (Å²) in [5, 5.41) is 25.7. The zero-order chi connectivity index (χ0) is 33.9. The van der Waals surface area contributed by atoms with Gasteiger partial charge in [0, 0.05) is 40.1 Å². The molecule has 1 amide bonds. The van der Waals surface area contributed by atoms with Crippen molar-refractivity contribution in [3.8, 4) is 11.4 Å². The van der Waals surface area contributed by atoms with Crippen LogP contribution in [0, 0.1) is 15.9 Å². The average molecular weight is 694 g/mol. The lowest BCUT2D eigenvalue weighted by Gasteiger charge is -2.31. The molecule has 13 nitrogen and oxygen atoms in total. The van der Waals surface area contributed by atoms with Gasteiger partial charge in [0.25, 0.3) is 5.56 Å². The number of pyridine rings is 3. The predicted octanol–water partition coefficient (Wildman–Crippen LogP) is 5.39. The van der Waals surface area contributed by atoms with E-state index in [0.717, 1.165) is 21.9 Å². The zero-order valence-electron chi connectivity index (χ0n) is 25.7. The summed E-state index contributed by atoms with van der Waals surface area (Å²) < 4.78 is 27.8. The number of fused-ring (bicyclic) bond motifs is 5. The maximum Gasteiger partial charge on any atom is 0.411 e. The number of halogens is 1. The van der Waals surface area contributed by atoms with Crippen molar-refractivity contribution in [3.05, 3.63) is 84.6 Å². The molecule has 2 N–H and O–H groups in total. The number of aryl methyl sites for hydroxylation is 2. The van der Waals surface area contributed by atoms with Gasteiger partial charge in [-0.25, -0.2) is 23.9 Å². The Kier molecular flexibility index (Phi) is 8.12. The Morgan fingerprint density at radius 3 is 2.83 bits per heavy atom. The smallest absolute Gasteiger partial charge is 0.411 e. The number of hydrogen-bond acceptors (Lipinski definition) is 12. The highest BCUT2D eigenvalue weighted by molar-refractivity contribution is 8.77. The number of rotatable bonds is 8. The van der Waals surface area contributed by atoms with Gasteiger partial charge in [-0.05, 0) is 66.7 Å². The fourth-order valence-corrected chi connectivity index (χ4v) is 8.59. The van der Waals surface area contributed by atoms with Crippen LogP contribution in [0.15, 0.2) is 40.3 Å². The molecule has 16 heteroatoms. The van der Waals surface area contributed by atoms with Crippen LogP contribution >= 0.6 is 21.6 Å². The van der Waals surface area contributed by atoms with Gasteiger partial charge in [-0.1, -0.05) is 17.7 Å². The molecule has 1 aromatic carbocycles. The Morgan fingerprint density at radius 2 is 2.06 bits per heavy atom. The topological polar surface area (TPSA) is 176 Å². The Bertz CT molecular complexity index is 2130. The third-order valence-corrected chi connectivity index (χ3v) is 11.7. The van der Waals surface area contributed by atoms with Crippen molar-refractivity contribution in [1.82, 2.24) is 14.5 Å². The van der Waals surface area contributed by atoms with Gasteiger partial charge < -0.3 is 19.1 Å². The van der Waals surface area contributed by atoms with E-state index in [2.05, 4.69) is 10.3 Å². The maximum atomic E-state index is 15.7. The van der Waals surface area contributed by atoms with E-state index in [1.54, 1.807) is 24.5 Å². The van der Waals surface area contributed by atoms with E-state index in [0.29, 0.717) is 47.1 Å². The molecule has 0 bridgehead atoms. The molecule has 0 spiro atoms. The van der Waals surface area contributed by atoms with E-state index >= 15 is 4.39 Å². The van der Waals surface area contributed by atoms with E-state index in [4.69, 9.17) is 14.5 Å². The van der Waals surface area contributed by atoms with Crippen molar-refractivity contribution in [2.45, 2.75) is 68.6 Å². The molecule has 3 aromatic heterocycles. The number of aromatic nitrogens is 3. The summed E-state index contributed by atoms with van der Waals surface area (Å²) in [7, 11) is 2.35. The van der Waals surface area contributed by atoms with Gasteiger partial charge in [0.1, 0.15) is 19.0 Å². The SMILES string of the molecule is CC[C@@]1(O)C(=O)OCc2c1cc1n(c2=O)Cc2c-1nc1cc(F)c(NC(=O)OC[C@@H](C)SSc3ncccc3[N+](=O)[O-])c3c1c2CCC3. The molecule has 0 fully saturated rings. The molecule has 1 aliphatic carbocycles. The van der Waals surface area contributed by atoms with Crippen LogP contribution in [0.2, 0.25) is 0 Å². The lowest BCUT2D eigenvalue weighted by molar-refractivity contribution is -0.388. The molecule has 0 unspecified atom stereocenters. The number of cyclic esters (lactones) is 1. The molecule has 4 aromatic rings. The molecule has 0 saturated heterocycles. The summed E-state index contributed by atoms with van der Waals surface area (Å²) >= 11 is 0. The summed E-state index contributed by atoms with van der Waals surface area (Å²) in [4.78, 5) is 58.6. The first-order chi connectivity index (χ1) is 23.0. The number of aliphatic hydroxyl groups is 1. The van der Waals surface area contributed by atoms with Crippen molar-refractivity contribution in [3.63, 3.8) is 0 Å². The van der Waals surface area contributed by atoms with Crippen molar-refractivity contribution in [2.75, 3.05) is 11.9 Å². The minimum atomic E-state index is -1.96. The number of carbonyl (C=O) groups is 2. The highest BCUT2D eigenvalue weighted by Gasteiger charge is 2.45. The average Bonchev–Trinajstić information content (AvgIpc) is 3.45. The van der Waals surface area contributed by atoms with Gasteiger partial charge in [0.2, 0.25) is 0 Å². The Hall–Kier alpha value is -4.54. The molecule has 2 aliphatic heterocycles. The van der Waals surface area contributed by atoms with Crippen molar-refractivity contribution < 1.29 is 33.5 Å². The van der Waals surface area contributed by atoms with Gasteiger partial charge in [0.05, 0.1) is 39.6 Å². The van der Waals surface area contributed by atoms with Crippen LogP contribution in [0.3, 0.4) is 0 Å². The van der Waals surface area contributed by atoms with Crippen molar-refractivity contribution in [2.24, 2.45) is 0 Å². The highest BCUT2D eigenvalue weighted by atomic mass is 33.1. The van der Waals surface area contributed by atoms with Gasteiger partial charge in [-0.15, -0.1) is 0 Å². The number of nitro groups is 1. The van der Waals surface area contributed by atoms with Gasteiger partial charge in [0.15, 0.2) is 10.6 Å². The van der Waals surface area contributed by atoms with E-state index in [9.17, 15) is 29.6 Å². The number of ether oxygens (including phenoxy) is 2. The first-order valence-corrected chi connectivity index (χ1v) is 17.4. The van der Waals surface area contributed by atoms with Gasteiger partial charge in [-0.2, -0.15) is 0 Å². The van der Waals surface area contributed by atoms with Crippen LogP contribution < -0.4 is 10.9 Å². The molecule has 0 saturated carbocycles. The van der Waals surface area contributed by atoms with Crippen molar-refractivity contribution in [1.29, 1.82) is 0 Å². The summed E-state index contributed by atoms with van der Waals surface area (Å²) in [6, 6.07) is 5.71. The lowest BCUT2D eigenvalue weighted by Crippen LogP contribution is -2.44. The highest BCUT2D eigenvalue weighted by Crippen LogP contribution is 2.44. The third kappa shape index (κ3) is 5.18. The van der Waals surface area contributed by atoms with Gasteiger partial charge >= 0.3 is 17.7 Å². The van der Waals surface area contributed by atoms with Crippen LogP contribution in [-0.2, 0) is 45.9 Å². The number of anilines is 1. The summed E-state index contributed by atoms with van der Waals surface area (Å²) in [6.45, 7) is 3.35. The van der Waals surface area contributed by atoms with E-state index < -0.39 is 28.4 Å². The third-order valence-electron chi connectivity index (χ3n) is 8.92. The van der Waals surface area contributed by atoms with E-state index in [-0.39, 0.29) is 64.5 Å². The second kappa shape index (κ2) is 12.2. The molecular weight excluding hydrogens is 666 g/mol. The molecule has 0 radical (unpaired) electrons. The quantitative estimate of drug-likeness (QED) is 0.0919. The molecule has 3 aliphatic rings. The van der Waals surface area contributed by atoms with Crippen LogP contribution in [0.4, 0.5) is 20.6 Å². The summed E-state index contributed by atoms with van der Waals surface area (Å²) in [5.74, 6) is -1.51. The largest absolute Gasteiger partial charge is 0.458 e. The number of nitrogens with zero attached hydrogens (tertiary/aromatic N) is 4. The summed E-state index contributed by atoms with van der Waals surface area (Å²) in [6.07, 6.45) is 2.42. The first-order valence-electron chi connectivity index (χ1n) is 15.2. The van der Waals surface area contributed by atoms with Crippen LogP contribution in [0.5, 0.6) is 0 Å². The zero-order valence-corrected chi connectivity index (χ0v) is 27.3. The maximum absolute atomic E-state index is 15.7. The second-order valence-corrected chi connectivity index (χ2v) is 14.4. The predicted molar refractivity (Wildman–Crippen MR) is 175 cm³/mol. The number of nitrogens with one attached hydrogen (secondary N) is 1. The Balaban J connectivity index is 1.15. The van der Waals surface area contributed by atoms with E-state index in [1.165, 1.54) is 35.2 Å². The number of benzene rings is 1. The minimum absolute atomic E-state index is 0.000745. The Labute approximate surface area is 279 Å². The monoisotopic (exact) mass is 693 g/mol. The number of hydrogen-bond donors (Lipinski definition) is 2. The molecule has 248 valence electrons. The standard InChI is InChI=1S/C32H28FN5O8S2/c1-3-32(42)20-10-24-27-18(12-37(24)29(39)19(20)14-45-30(32)40)16-6-4-7-17-25(16)22(35-27)11-21(33)26(17)36-31(41)46-13-15(2)47-48-28-23(38(43)44)8-5-9-34-28/h5,8-11,15,42H,3-4,6-7,12-14H2,1-2H3,(H,36,41)/t15-,32+/m1/s1. The Morgan fingerprint density at radius 1 is 1.27 bits per heavy atom. The minimum Gasteiger partial charge on any atom is -0.458 e. The number of esters is 1. The first kappa shape index (κ1) is 32.0. The fourth-order valence-electron chi connectivity index (χ4n) is 6.56. The molecule has 5 heterocycles. The summed E-state index contributed by atoms with van der Waals surface area (Å²) in [5.41, 5.74) is 1.54. The van der Waals surface area contributed by atoms with Crippen LogP contribution in [-0.4, -0.2) is 48.5 Å². The molecule has 7 rings (SSSR count). The van der Waals surface area contributed by atoms with Crippen LogP contribution in [0.1, 0.15) is 54.5 Å². The van der Waals surface area contributed by atoms with Crippen LogP contribution in [0.25, 0.3) is 22.3 Å². The lowest BCUT2D eigenvalue weighted by atomic mass is 9.85.